The topological polar surface area (TPSA) is 76.1 Å². The highest BCUT2D eigenvalue weighted by atomic mass is 16.5. The molecule has 0 atom stereocenters. The van der Waals surface area contributed by atoms with E-state index in [2.05, 4.69) is 10.3 Å². The molecule has 0 saturated carbocycles. The van der Waals surface area contributed by atoms with Crippen molar-refractivity contribution in [1.29, 1.82) is 0 Å². The molecule has 6 nitrogen and oxygen atoms in total. The molecule has 3 rings (SSSR count). The summed E-state index contributed by atoms with van der Waals surface area (Å²) in [4.78, 5) is 26.3. The van der Waals surface area contributed by atoms with E-state index in [1.165, 1.54) is 16.2 Å². The maximum absolute atomic E-state index is 11.8. The third-order valence-electron chi connectivity index (χ3n) is 3.96. The van der Waals surface area contributed by atoms with Crippen LogP contribution >= 0.6 is 0 Å². The molecule has 0 fully saturated rings. The first-order valence-corrected chi connectivity index (χ1v) is 9.17. The lowest BCUT2D eigenvalue weighted by molar-refractivity contribution is 0.185. The molecule has 1 heterocycles. The summed E-state index contributed by atoms with van der Waals surface area (Å²) in [5.74, 6) is 0.441. The highest BCUT2D eigenvalue weighted by Gasteiger charge is 2.07. The van der Waals surface area contributed by atoms with Gasteiger partial charge in [-0.3, -0.25) is 14.3 Å². The molecular weight excluding hydrogens is 354 g/mol. The van der Waals surface area contributed by atoms with Gasteiger partial charge >= 0.3 is 5.69 Å². The van der Waals surface area contributed by atoms with Crippen LogP contribution in [0, 0.1) is 0 Å². The van der Waals surface area contributed by atoms with Crippen molar-refractivity contribution < 1.29 is 4.74 Å². The highest BCUT2D eigenvalue weighted by Crippen LogP contribution is 2.03. The van der Waals surface area contributed by atoms with Crippen LogP contribution < -0.4 is 16.6 Å². The molecule has 0 saturated heterocycles. The molecule has 0 aliphatic carbocycles. The molecule has 28 heavy (non-hydrogen) atoms. The molecule has 2 N–H and O–H groups in total. The van der Waals surface area contributed by atoms with E-state index in [0.717, 1.165) is 5.56 Å². The second kappa shape index (κ2) is 10.9. The number of anilines is 1. The Morgan fingerprint density at radius 3 is 2.04 bits per heavy atom. The van der Waals surface area contributed by atoms with Crippen molar-refractivity contribution in [2.75, 3.05) is 12.4 Å². The first-order chi connectivity index (χ1) is 13.5. The van der Waals surface area contributed by atoms with E-state index in [0.29, 0.717) is 19.0 Å². The lowest BCUT2D eigenvalue weighted by Gasteiger charge is -2.10. The fraction of sp³-hybridized carbons (Fsp3) is 0.273. The van der Waals surface area contributed by atoms with Gasteiger partial charge in [-0.25, -0.2) is 4.79 Å². The minimum atomic E-state index is -0.391. The number of methoxy groups -OCH3 is 1. The molecule has 148 valence electrons. The van der Waals surface area contributed by atoms with E-state index in [4.69, 9.17) is 4.74 Å². The Morgan fingerprint density at radius 1 is 0.964 bits per heavy atom. The minimum absolute atomic E-state index is 0.153. The van der Waals surface area contributed by atoms with Gasteiger partial charge in [-0.1, -0.05) is 60.7 Å². The Hall–Kier alpha value is -3.12. The van der Waals surface area contributed by atoms with Crippen LogP contribution in [-0.4, -0.2) is 16.7 Å². The average Bonchev–Trinajstić information content (AvgIpc) is 2.68. The van der Waals surface area contributed by atoms with Crippen LogP contribution in [0.15, 0.2) is 76.3 Å². The van der Waals surface area contributed by atoms with Crippen molar-refractivity contribution in [2.45, 2.75) is 33.0 Å². The van der Waals surface area contributed by atoms with Gasteiger partial charge in [-0.05, 0) is 25.0 Å². The van der Waals surface area contributed by atoms with Gasteiger partial charge in [0.25, 0.3) is 5.56 Å². The first kappa shape index (κ1) is 21.2. The summed E-state index contributed by atoms with van der Waals surface area (Å²) in [6, 6.07) is 21.1. The fourth-order valence-electron chi connectivity index (χ4n) is 2.62. The van der Waals surface area contributed by atoms with Gasteiger partial charge in [0.05, 0.1) is 6.61 Å². The molecule has 3 aromatic rings. The third-order valence-corrected chi connectivity index (χ3v) is 3.96. The maximum Gasteiger partial charge on any atom is 0.330 e. The van der Waals surface area contributed by atoms with Crippen LogP contribution in [0.3, 0.4) is 0 Å². The van der Waals surface area contributed by atoms with E-state index in [1.54, 1.807) is 21.0 Å². The molecule has 6 heteroatoms. The lowest BCUT2D eigenvalue weighted by atomic mass is 10.2. The smallest absolute Gasteiger partial charge is 0.330 e. The largest absolute Gasteiger partial charge is 0.380 e. The second-order valence-electron chi connectivity index (χ2n) is 6.55. The molecule has 0 amide bonds. The van der Waals surface area contributed by atoms with E-state index >= 15 is 0 Å². The van der Waals surface area contributed by atoms with Crippen molar-refractivity contribution in [1.82, 2.24) is 9.55 Å². The molecule has 0 radical (unpaired) electrons. The number of rotatable bonds is 6. The highest BCUT2D eigenvalue weighted by molar-refractivity contribution is 5.33. The number of H-pyrrole nitrogens is 1. The SMILES string of the molecule is CC(C)n1c(=O)cc(NCc2ccccc2)[nH]c1=O.COCc1ccccc1. The van der Waals surface area contributed by atoms with Crippen LogP contribution in [-0.2, 0) is 17.9 Å². The number of hydrogen-bond donors (Lipinski definition) is 2. The summed E-state index contributed by atoms with van der Waals surface area (Å²) in [5, 5.41) is 3.04. The molecule has 0 aliphatic rings. The Labute approximate surface area is 164 Å². The number of aromatic amines is 1. The zero-order valence-corrected chi connectivity index (χ0v) is 16.5. The van der Waals surface area contributed by atoms with E-state index < -0.39 is 5.69 Å². The van der Waals surface area contributed by atoms with E-state index in [-0.39, 0.29) is 11.6 Å². The molecular formula is C22H27N3O3. The Kier molecular flexibility index (Phi) is 8.24. The van der Waals surface area contributed by atoms with Gasteiger partial charge in [0.15, 0.2) is 0 Å². The first-order valence-electron chi connectivity index (χ1n) is 9.17. The second-order valence-corrected chi connectivity index (χ2v) is 6.55. The Morgan fingerprint density at radius 2 is 1.54 bits per heavy atom. The number of benzene rings is 2. The van der Waals surface area contributed by atoms with Gasteiger partial charge < -0.3 is 10.1 Å². The van der Waals surface area contributed by atoms with Crippen molar-refractivity contribution in [3.63, 3.8) is 0 Å². The normalized spacial score (nSPS) is 10.3. The van der Waals surface area contributed by atoms with Crippen LogP contribution in [0.5, 0.6) is 0 Å². The van der Waals surface area contributed by atoms with Gasteiger partial charge in [0.1, 0.15) is 5.82 Å². The van der Waals surface area contributed by atoms with Gasteiger partial charge in [-0.15, -0.1) is 0 Å². The van der Waals surface area contributed by atoms with Crippen molar-refractivity contribution in [3.8, 4) is 0 Å². The van der Waals surface area contributed by atoms with Crippen LogP contribution in [0.25, 0.3) is 0 Å². The standard InChI is InChI=1S/C14H17N3O2.C8H10O/c1-10(2)17-13(18)8-12(16-14(17)19)15-9-11-6-4-3-5-7-11;1-9-7-8-5-3-2-4-6-8/h3-8,10,15H,9H2,1-2H3,(H,16,19);2-6H,7H2,1H3. The predicted molar refractivity (Wildman–Crippen MR) is 113 cm³/mol. The van der Waals surface area contributed by atoms with Gasteiger partial charge in [0, 0.05) is 25.8 Å². The van der Waals surface area contributed by atoms with Crippen LogP contribution in [0.1, 0.15) is 31.0 Å². The van der Waals surface area contributed by atoms with Crippen molar-refractivity contribution in [2.24, 2.45) is 0 Å². The number of aromatic nitrogens is 2. The zero-order chi connectivity index (χ0) is 20.4. The van der Waals surface area contributed by atoms with E-state index in [1.807, 2.05) is 60.7 Å². The molecule has 2 aromatic carbocycles. The summed E-state index contributed by atoms with van der Waals surface area (Å²) >= 11 is 0. The number of nitrogens with zero attached hydrogens (tertiary/aromatic N) is 1. The van der Waals surface area contributed by atoms with Crippen LogP contribution in [0.4, 0.5) is 5.82 Å². The molecule has 0 aliphatic heterocycles. The summed E-state index contributed by atoms with van der Waals surface area (Å²) in [6.07, 6.45) is 0. The summed E-state index contributed by atoms with van der Waals surface area (Å²) < 4.78 is 6.12. The monoisotopic (exact) mass is 381 g/mol. The quantitative estimate of drug-likeness (QED) is 0.684. The van der Waals surface area contributed by atoms with Crippen molar-refractivity contribution in [3.05, 3.63) is 98.7 Å². The van der Waals surface area contributed by atoms with Crippen molar-refractivity contribution >= 4 is 5.82 Å². The van der Waals surface area contributed by atoms with Gasteiger partial charge in [0.2, 0.25) is 0 Å². The van der Waals surface area contributed by atoms with Gasteiger partial charge in [-0.2, -0.15) is 0 Å². The molecule has 1 aromatic heterocycles. The number of nitrogens with one attached hydrogen (secondary N) is 2. The lowest BCUT2D eigenvalue weighted by Crippen LogP contribution is -2.36. The molecule has 0 spiro atoms. The number of hydrogen-bond acceptors (Lipinski definition) is 4. The summed E-state index contributed by atoms with van der Waals surface area (Å²) in [5.41, 5.74) is 1.61. The van der Waals surface area contributed by atoms with E-state index in [9.17, 15) is 9.59 Å². The Bertz CT molecular complexity index is 917. The Balaban J connectivity index is 0.000000261. The third kappa shape index (κ3) is 6.55. The number of ether oxygens (including phenoxy) is 1. The maximum atomic E-state index is 11.8. The zero-order valence-electron chi connectivity index (χ0n) is 16.5. The predicted octanol–water partition coefficient (Wildman–Crippen LogP) is 3.56. The molecule has 0 unspecified atom stereocenters. The summed E-state index contributed by atoms with van der Waals surface area (Å²) in [6.45, 7) is 4.87. The molecule has 0 bridgehead atoms. The van der Waals surface area contributed by atoms with Crippen LogP contribution in [0.2, 0.25) is 0 Å². The summed E-state index contributed by atoms with van der Waals surface area (Å²) in [7, 11) is 1.70. The average molecular weight is 381 g/mol. The minimum Gasteiger partial charge on any atom is -0.380 e. The fourth-order valence-corrected chi connectivity index (χ4v) is 2.62.